The molecule has 2 unspecified atom stereocenters. The van der Waals surface area contributed by atoms with Crippen LogP contribution in [0.5, 0.6) is 0 Å². The second-order valence-corrected chi connectivity index (χ2v) is 7.61. The molecule has 122 valence electrons. The van der Waals surface area contributed by atoms with Gasteiger partial charge in [-0.1, -0.05) is 23.5 Å². The molecule has 2 heterocycles. The largest absolute Gasteiger partial charge is 0.356 e. The van der Waals surface area contributed by atoms with Crippen molar-refractivity contribution in [2.24, 2.45) is 11.8 Å². The van der Waals surface area contributed by atoms with Gasteiger partial charge in [0, 0.05) is 37.4 Å². The summed E-state index contributed by atoms with van der Waals surface area (Å²) in [6, 6.07) is 0. The van der Waals surface area contributed by atoms with E-state index in [0.717, 1.165) is 12.8 Å². The highest BCUT2D eigenvalue weighted by molar-refractivity contribution is 8.14. The van der Waals surface area contributed by atoms with Gasteiger partial charge in [-0.3, -0.25) is 19.2 Å². The van der Waals surface area contributed by atoms with Gasteiger partial charge >= 0.3 is 0 Å². The van der Waals surface area contributed by atoms with E-state index in [1.807, 2.05) is 0 Å². The van der Waals surface area contributed by atoms with E-state index in [0.29, 0.717) is 37.4 Å². The molecule has 22 heavy (non-hydrogen) atoms. The summed E-state index contributed by atoms with van der Waals surface area (Å²) in [5.74, 6) is 0.689. The minimum Gasteiger partial charge on any atom is -0.356 e. The second-order valence-electron chi connectivity index (χ2n) is 5.46. The van der Waals surface area contributed by atoms with Crippen LogP contribution in [0.1, 0.15) is 25.7 Å². The van der Waals surface area contributed by atoms with Crippen molar-refractivity contribution in [1.82, 2.24) is 10.6 Å². The zero-order valence-electron chi connectivity index (χ0n) is 12.3. The molecule has 2 atom stereocenters. The van der Waals surface area contributed by atoms with Crippen molar-refractivity contribution in [1.29, 1.82) is 0 Å². The molecule has 2 fully saturated rings. The fourth-order valence-electron chi connectivity index (χ4n) is 2.32. The third kappa shape index (κ3) is 5.31. The Balaban J connectivity index is 1.49. The Bertz CT molecular complexity index is 428. The Hall–Kier alpha value is -1.02. The number of hydrogen-bond acceptors (Lipinski definition) is 6. The molecular formula is C14H20N2O4S2. The van der Waals surface area contributed by atoms with Crippen molar-refractivity contribution < 1.29 is 19.2 Å². The minimum absolute atomic E-state index is 0.0520. The molecule has 2 aliphatic heterocycles. The van der Waals surface area contributed by atoms with Crippen molar-refractivity contribution in [2.75, 3.05) is 24.6 Å². The fraction of sp³-hybridized carbons (Fsp3) is 0.714. The highest BCUT2D eigenvalue weighted by Crippen LogP contribution is 2.25. The monoisotopic (exact) mass is 344 g/mol. The molecule has 0 radical (unpaired) electrons. The third-order valence-electron chi connectivity index (χ3n) is 3.66. The lowest BCUT2D eigenvalue weighted by atomic mass is 10.1. The maximum absolute atomic E-state index is 11.8. The molecule has 8 heteroatoms. The molecule has 2 N–H and O–H groups in total. The van der Waals surface area contributed by atoms with Crippen molar-refractivity contribution in [3.05, 3.63) is 0 Å². The fourth-order valence-corrected chi connectivity index (χ4v) is 4.27. The molecule has 0 aromatic rings. The first kappa shape index (κ1) is 17.3. The number of amides is 2. The number of unbranched alkanes of at least 4 members (excludes halogenated alkanes) is 1. The molecule has 0 saturated carbocycles. The number of thioether (sulfide) groups is 2. The highest BCUT2D eigenvalue weighted by Gasteiger charge is 2.29. The molecule has 6 nitrogen and oxygen atoms in total. The lowest BCUT2D eigenvalue weighted by Gasteiger charge is -2.10. The van der Waals surface area contributed by atoms with Crippen molar-refractivity contribution >= 4 is 45.6 Å². The van der Waals surface area contributed by atoms with Crippen LogP contribution in [0, 0.1) is 11.8 Å². The quantitative estimate of drug-likeness (QED) is 0.656. The first-order chi connectivity index (χ1) is 10.6. The molecule has 0 aromatic heterocycles. The van der Waals surface area contributed by atoms with Crippen molar-refractivity contribution in [2.45, 2.75) is 25.7 Å². The van der Waals surface area contributed by atoms with Gasteiger partial charge in [0.05, 0.1) is 11.8 Å². The van der Waals surface area contributed by atoms with Crippen LogP contribution in [0.4, 0.5) is 0 Å². The Labute approximate surface area is 137 Å². The Kier molecular flexibility index (Phi) is 6.75. The summed E-state index contributed by atoms with van der Waals surface area (Å²) < 4.78 is 0. The summed E-state index contributed by atoms with van der Waals surface area (Å²) in [6.07, 6.45) is 2.23. The normalized spacial score (nSPS) is 24.5. The SMILES string of the molecule is O=C1CC(C(=O)NCCCCNC(=O)C2CSC(=O)C2)CS1. The maximum Gasteiger partial charge on any atom is 0.224 e. The summed E-state index contributed by atoms with van der Waals surface area (Å²) in [6.45, 7) is 1.11. The van der Waals surface area contributed by atoms with Crippen molar-refractivity contribution in [3.8, 4) is 0 Å². The van der Waals surface area contributed by atoms with Crippen molar-refractivity contribution in [3.63, 3.8) is 0 Å². The van der Waals surface area contributed by atoms with Gasteiger partial charge < -0.3 is 10.6 Å². The van der Waals surface area contributed by atoms with Gasteiger partial charge in [-0.15, -0.1) is 0 Å². The molecule has 2 saturated heterocycles. The van der Waals surface area contributed by atoms with E-state index in [1.165, 1.54) is 23.5 Å². The van der Waals surface area contributed by atoms with Gasteiger partial charge in [0.2, 0.25) is 11.8 Å². The number of carbonyl (C=O) groups is 4. The number of carbonyl (C=O) groups excluding carboxylic acids is 4. The summed E-state index contributed by atoms with van der Waals surface area (Å²) in [5.41, 5.74) is 0. The second kappa shape index (κ2) is 8.57. The van der Waals surface area contributed by atoms with Crippen LogP contribution < -0.4 is 10.6 Å². The number of rotatable bonds is 7. The van der Waals surface area contributed by atoms with E-state index in [-0.39, 0.29) is 33.9 Å². The zero-order chi connectivity index (χ0) is 15.9. The molecule has 2 aliphatic rings. The number of nitrogens with one attached hydrogen (secondary N) is 2. The molecular weight excluding hydrogens is 324 g/mol. The minimum atomic E-state index is -0.186. The first-order valence-corrected chi connectivity index (χ1v) is 9.40. The Morgan fingerprint density at radius 3 is 1.59 bits per heavy atom. The lowest BCUT2D eigenvalue weighted by Crippen LogP contribution is -2.33. The molecule has 2 rings (SSSR count). The van der Waals surface area contributed by atoms with Gasteiger partial charge in [0.1, 0.15) is 0 Å². The van der Waals surface area contributed by atoms with E-state index < -0.39 is 0 Å². The summed E-state index contributed by atoms with van der Waals surface area (Å²) in [4.78, 5) is 45.7. The third-order valence-corrected chi connectivity index (χ3v) is 5.78. The zero-order valence-corrected chi connectivity index (χ0v) is 13.9. The molecule has 0 aliphatic carbocycles. The van der Waals surface area contributed by atoms with E-state index in [1.54, 1.807) is 0 Å². The average Bonchev–Trinajstić information content (AvgIpc) is 3.11. The molecule has 0 bridgehead atoms. The van der Waals surface area contributed by atoms with E-state index >= 15 is 0 Å². The van der Waals surface area contributed by atoms with Gasteiger partial charge in [0.15, 0.2) is 10.2 Å². The topological polar surface area (TPSA) is 92.3 Å². The predicted octanol–water partition coefficient (Wildman–Crippen LogP) is 0.558. The average molecular weight is 344 g/mol. The van der Waals surface area contributed by atoms with Crippen LogP contribution in [0.2, 0.25) is 0 Å². The van der Waals surface area contributed by atoms with Gasteiger partial charge in [-0.05, 0) is 12.8 Å². The number of hydrogen-bond donors (Lipinski definition) is 2. The van der Waals surface area contributed by atoms with Crippen LogP contribution in [0.15, 0.2) is 0 Å². The van der Waals surface area contributed by atoms with Crippen LogP contribution in [-0.4, -0.2) is 46.6 Å². The van der Waals surface area contributed by atoms with Crippen LogP contribution in [-0.2, 0) is 19.2 Å². The highest BCUT2D eigenvalue weighted by atomic mass is 32.2. The van der Waals surface area contributed by atoms with Crippen LogP contribution in [0.25, 0.3) is 0 Å². The van der Waals surface area contributed by atoms with Gasteiger partial charge in [-0.25, -0.2) is 0 Å². The van der Waals surface area contributed by atoms with E-state index in [4.69, 9.17) is 0 Å². The first-order valence-electron chi connectivity index (χ1n) is 7.43. The summed E-state index contributed by atoms with van der Waals surface area (Å²) in [5, 5.41) is 5.84. The molecule has 0 spiro atoms. The Morgan fingerprint density at radius 1 is 0.864 bits per heavy atom. The van der Waals surface area contributed by atoms with Crippen LogP contribution >= 0.6 is 23.5 Å². The van der Waals surface area contributed by atoms with Gasteiger partial charge in [-0.2, -0.15) is 0 Å². The smallest absolute Gasteiger partial charge is 0.224 e. The van der Waals surface area contributed by atoms with E-state index in [2.05, 4.69) is 10.6 Å². The molecule has 2 amide bonds. The summed E-state index contributed by atoms with van der Waals surface area (Å²) in [7, 11) is 0. The summed E-state index contributed by atoms with van der Waals surface area (Å²) >= 11 is 2.45. The van der Waals surface area contributed by atoms with Gasteiger partial charge in [0.25, 0.3) is 0 Å². The Morgan fingerprint density at radius 2 is 1.27 bits per heavy atom. The van der Waals surface area contributed by atoms with E-state index in [9.17, 15) is 19.2 Å². The standard InChI is InChI=1S/C14H20N2O4S2/c17-11-5-9(7-21-11)13(19)15-3-1-2-4-16-14(20)10-6-12(18)22-8-10/h9-10H,1-8H2,(H,15,19)(H,16,20). The maximum atomic E-state index is 11.8. The molecule has 0 aromatic carbocycles. The lowest BCUT2D eigenvalue weighted by molar-refractivity contribution is -0.126. The predicted molar refractivity (Wildman–Crippen MR) is 86.4 cm³/mol. The van der Waals surface area contributed by atoms with Crippen LogP contribution in [0.3, 0.4) is 0 Å².